The average molecular weight is 768 g/mol. The number of nitrogens with zero attached hydrogens (tertiary/aromatic N) is 3. The van der Waals surface area contributed by atoms with Gasteiger partial charge in [-0.3, -0.25) is 0 Å². The first-order valence-corrected chi connectivity index (χ1v) is 20.1. The van der Waals surface area contributed by atoms with Gasteiger partial charge in [0.1, 0.15) is 22.3 Å². The summed E-state index contributed by atoms with van der Waals surface area (Å²) >= 11 is 0. The van der Waals surface area contributed by atoms with Gasteiger partial charge in [-0.25, -0.2) is 15.0 Å². The number of para-hydroxylation sites is 4. The summed E-state index contributed by atoms with van der Waals surface area (Å²) in [5.74, 6) is 1.56. The van der Waals surface area contributed by atoms with Gasteiger partial charge in [0.2, 0.25) is 0 Å². The van der Waals surface area contributed by atoms with Crippen molar-refractivity contribution in [3.8, 4) is 67.5 Å². The topological polar surface area (TPSA) is 65.0 Å². The fraction of sp³-hybridized carbons (Fsp3) is 0. The second kappa shape index (κ2) is 13.8. The smallest absolute Gasteiger partial charge is 0.167 e. The van der Waals surface area contributed by atoms with Crippen molar-refractivity contribution in [2.45, 2.75) is 0 Å². The fourth-order valence-corrected chi connectivity index (χ4v) is 8.87. The van der Waals surface area contributed by atoms with Crippen molar-refractivity contribution in [3.63, 3.8) is 0 Å². The molecule has 3 aromatic heterocycles. The molecule has 12 rings (SSSR count). The Bertz CT molecular complexity index is 3470. The number of benzene rings is 9. The third-order valence-corrected chi connectivity index (χ3v) is 11.6. The van der Waals surface area contributed by atoms with Gasteiger partial charge >= 0.3 is 0 Å². The van der Waals surface area contributed by atoms with E-state index < -0.39 is 0 Å². The summed E-state index contributed by atoms with van der Waals surface area (Å²) < 4.78 is 13.1. The van der Waals surface area contributed by atoms with Crippen LogP contribution in [-0.4, -0.2) is 15.0 Å². The molecule has 0 aliphatic heterocycles. The van der Waals surface area contributed by atoms with Crippen molar-refractivity contribution in [3.05, 3.63) is 200 Å². The van der Waals surface area contributed by atoms with Crippen LogP contribution in [0.25, 0.3) is 122 Å². The Hall–Kier alpha value is -8.15. The molecule has 3 heterocycles. The van der Waals surface area contributed by atoms with Gasteiger partial charge in [0.15, 0.2) is 17.5 Å². The Morgan fingerprint density at radius 2 is 0.650 bits per heavy atom. The fourth-order valence-electron chi connectivity index (χ4n) is 8.87. The summed E-state index contributed by atoms with van der Waals surface area (Å²) in [6.45, 7) is 0. The molecule has 0 atom stereocenters. The van der Waals surface area contributed by atoms with Gasteiger partial charge in [0.05, 0.1) is 11.1 Å². The lowest BCUT2D eigenvalue weighted by Gasteiger charge is -2.18. The maximum Gasteiger partial charge on any atom is 0.167 e. The predicted molar refractivity (Wildman–Crippen MR) is 245 cm³/mol. The quantitative estimate of drug-likeness (QED) is 0.169. The molecule has 280 valence electrons. The molecule has 9 aromatic carbocycles. The number of aromatic nitrogens is 3. The second-order valence-electron chi connectivity index (χ2n) is 15.0. The van der Waals surface area contributed by atoms with Gasteiger partial charge < -0.3 is 8.83 Å². The van der Waals surface area contributed by atoms with E-state index in [0.29, 0.717) is 17.5 Å². The van der Waals surface area contributed by atoms with Crippen LogP contribution in [0, 0.1) is 0 Å². The lowest BCUT2D eigenvalue weighted by Crippen LogP contribution is -2.02. The van der Waals surface area contributed by atoms with Gasteiger partial charge in [0, 0.05) is 32.7 Å². The minimum atomic E-state index is 0.509. The molecule has 0 amide bonds. The van der Waals surface area contributed by atoms with E-state index >= 15 is 0 Å². The van der Waals surface area contributed by atoms with E-state index in [0.717, 1.165) is 82.8 Å². The maximum atomic E-state index is 6.57. The zero-order valence-electron chi connectivity index (χ0n) is 32.2. The molecule has 0 spiro atoms. The summed E-state index contributed by atoms with van der Waals surface area (Å²) in [5, 5.41) is 6.44. The van der Waals surface area contributed by atoms with Crippen LogP contribution in [0.15, 0.2) is 209 Å². The van der Waals surface area contributed by atoms with E-state index in [-0.39, 0.29) is 0 Å². The summed E-state index contributed by atoms with van der Waals surface area (Å²) in [5.41, 5.74) is 12.2. The summed E-state index contributed by atoms with van der Waals surface area (Å²) in [6.07, 6.45) is 0. The Labute approximate surface area is 344 Å². The van der Waals surface area contributed by atoms with E-state index in [2.05, 4.69) is 140 Å². The Morgan fingerprint density at radius 1 is 0.250 bits per heavy atom. The number of fused-ring (bicyclic) bond motifs is 7. The molecule has 0 bridgehead atoms. The lowest BCUT2D eigenvalue weighted by atomic mass is 9.86. The molecule has 0 unspecified atom stereocenters. The first kappa shape index (κ1) is 33.9. The van der Waals surface area contributed by atoms with Crippen molar-refractivity contribution >= 4 is 54.6 Å². The standard InChI is InChI=1S/C55H33N3O2/c1-3-16-34(17-4-1)36-32-33-39(38-21-8-7-20-37(36)38)42-24-13-27-45(50(42)35-18-5-2-6-19-35)53-56-54(46-28-14-25-43-40-22-9-11-30-48(40)59-51(43)46)58-55(57-53)47-29-15-26-44-41-23-10-12-31-49(41)60-52(44)47/h1-33H. The van der Waals surface area contributed by atoms with E-state index in [4.69, 9.17) is 23.8 Å². The molecule has 0 saturated heterocycles. The minimum absolute atomic E-state index is 0.509. The van der Waals surface area contributed by atoms with E-state index in [1.54, 1.807) is 0 Å². The molecule has 0 saturated carbocycles. The Kier molecular flexibility index (Phi) is 7.78. The molecule has 5 nitrogen and oxygen atoms in total. The van der Waals surface area contributed by atoms with Gasteiger partial charge in [0.25, 0.3) is 0 Å². The molecular formula is C55H33N3O2. The highest BCUT2D eigenvalue weighted by Gasteiger charge is 2.23. The first-order valence-electron chi connectivity index (χ1n) is 20.1. The molecule has 0 N–H and O–H groups in total. The molecule has 12 aromatic rings. The Balaban J connectivity index is 1.15. The Morgan fingerprint density at radius 3 is 1.23 bits per heavy atom. The number of hydrogen-bond donors (Lipinski definition) is 0. The average Bonchev–Trinajstić information content (AvgIpc) is 3.90. The van der Waals surface area contributed by atoms with Crippen LogP contribution >= 0.6 is 0 Å². The number of hydrogen-bond acceptors (Lipinski definition) is 5. The highest BCUT2D eigenvalue weighted by molar-refractivity contribution is 6.11. The SMILES string of the molecule is c1ccc(-c2c(-c3nc(-c4cccc5c4oc4ccccc45)nc(-c4cccc5c4oc4ccccc45)n3)cccc2-c2ccc(-c3ccccc3)c3ccccc23)cc1. The second-order valence-corrected chi connectivity index (χ2v) is 15.0. The zero-order chi connectivity index (χ0) is 39.6. The highest BCUT2D eigenvalue weighted by Crippen LogP contribution is 2.45. The molecule has 5 heteroatoms. The van der Waals surface area contributed by atoms with Crippen LogP contribution in [0.1, 0.15) is 0 Å². The van der Waals surface area contributed by atoms with Crippen LogP contribution in [0.2, 0.25) is 0 Å². The van der Waals surface area contributed by atoms with Crippen molar-refractivity contribution in [1.29, 1.82) is 0 Å². The lowest BCUT2D eigenvalue weighted by molar-refractivity contribution is 0.669. The third kappa shape index (κ3) is 5.44. The minimum Gasteiger partial charge on any atom is -0.455 e. The van der Waals surface area contributed by atoms with Gasteiger partial charge in [-0.2, -0.15) is 0 Å². The van der Waals surface area contributed by atoms with Gasteiger partial charge in [-0.1, -0.05) is 176 Å². The molecule has 0 aliphatic rings. The van der Waals surface area contributed by atoms with Crippen molar-refractivity contribution in [1.82, 2.24) is 15.0 Å². The van der Waals surface area contributed by atoms with E-state index in [1.165, 1.54) is 21.9 Å². The van der Waals surface area contributed by atoms with Crippen molar-refractivity contribution in [2.24, 2.45) is 0 Å². The molecule has 0 fully saturated rings. The number of furan rings is 2. The first-order chi connectivity index (χ1) is 29.8. The van der Waals surface area contributed by atoms with Crippen LogP contribution in [0.4, 0.5) is 0 Å². The van der Waals surface area contributed by atoms with Crippen LogP contribution < -0.4 is 0 Å². The normalized spacial score (nSPS) is 11.7. The molecule has 0 radical (unpaired) electrons. The van der Waals surface area contributed by atoms with Crippen molar-refractivity contribution in [2.75, 3.05) is 0 Å². The zero-order valence-corrected chi connectivity index (χ0v) is 32.2. The van der Waals surface area contributed by atoms with Crippen molar-refractivity contribution < 1.29 is 8.83 Å². The predicted octanol–water partition coefficient (Wildman–Crippen LogP) is 14.8. The number of rotatable bonds is 6. The third-order valence-electron chi connectivity index (χ3n) is 11.6. The summed E-state index contributed by atoms with van der Waals surface area (Å²) in [4.78, 5) is 16.0. The molecule has 60 heavy (non-hydrogen) atoms. The van der Waals surface area contributed by atoms with Crippen LogP contribution in [0.5, 0.6) is 0 Å². The van der Waals surface area contributed by atoms with E-state index in [9.17, 15) is 0 Å². The highest BCUT2D eigenvalue weighted by atomic mass is 16.3. The summed E-state index contributed by atoms with van der Waals surface area (Å²) in [7, 11) is 0. The summed E-state index contributed by atoms with van der Waals surface area (Å²) in [6, 6.07) is 69.3. The monoisotopic (exact) mass is 767 g/mol. The van der Waals surface area contributed by atoms with Gasteiger partial charge in [-0.15, -0.1) is 0 Å². The molecular weight excluding hydrogens is 735 g/mol. The maximum absolute atomic E-state index is 6.57. The molecule has 0 aliphatic carbocycles. The van der Waals surface area contributed by atoms with E-state index in [1.807, 2.05) is 60.7 Å². The largest absolute Gasteiger partial charge is 0.455 e. The van der Waals surface area contributed by atoms with Crippen LogP contribution in [-0.2, 0) is 0 Å². The van der Waals surface area contributed by atoms with Gasteiger partial charge in [-0.05, 0) is 62.9 Å². The van der Waals surface area contributed by atoms with Crippen LogP contribution in [0.3, 0.4) is 0 Å².